The van der Waals surface area contributed by atoms with Crippen LogP contribution in [0.4, 0.5) is 0 Å². The van der Waals surface area contributed by atoms with Gasteiger partial charge in [0.15, 0.2) is 0 Å². The van der Waals surface area contributed by atoms with Gasteiger partial charge in [-0.25, -0.2) is 8.42 Å². The number of nitrogens with one attached hydrogen (secondary N) is 1. The maximum atomic E-state index is 12.8. The van der Waals surface area contributed by atoms with Crippen molar-refractivity contribution in [1.29, 1.82) is 0 Å². The molecule has 0 saturated carbocycles. The normalized spacial score (nSPS) is 19.9. The van der Waals surface area contributed by atoms with Crippen LogP contribution in [0.1, 0.15) is 42.3 Å². The highest BCUT2D eigenvalue weighted by Gasteiger charge is 2.31. The number of likely N-dealkylation sites (N-methyl/N-ethyl adjacent to an activating group) is 1. The highest BCUT2D eigenvalue weighted by Crippen LogP contribution is 2.27. The number of thiophene rings is 1. The van der Waals surface area contributed by atoms with Crippen LogP contribution < -0.4 is 5.32 Å². The third-order valence-corrected chi connectivity index (χ3v) is 8.60. The van der Waals surface area contributed by atoms with Crippen molar-refractivity contribution in [3.8, 4) is 0 Å². The van der Waals surface area contributed by atoms with Crippen LogP contribution in [0.15, 0.2) is 16.3 Å². The third kappa shape index (κ3) is 5.33. The summed E-state index contributed by atoms with van der Waals surface area (Å²) in [6.07, 6.45) is 3.71. The first-order valence-corrected chi connectivity index (χ1v) is 12.6. The van der Waals surface area contributed by atoms with Gasteiger partial charge >= 0.3 is 0 Å². The number of carbonyl (C=O) groups excluding carboxylic acids is 1. The summed E-state index contributed by atoms with van der Waals surface area (Å²) in [5.41, 5.74) is 0. The molecule has 9 heteroatoms. The fourth-order valence-corrected chi connectivity index (χ4v) is 6.64. The SMILES string of the molecule is CCN1CCN(CCCCNC(=O)c2sccc2S(=O)(=O)N2CCCC2)CC1. The van der Waals surface area contributed by atoms with E-state index in [0.29, 0.717) is 24.5 Å². The first kappa shape index (κ1) is 21.7. The van der Waals surface area contributed by atoms with Crippen LogP contribution in [0, 0.1) is 0 Å². The number of unbranched alkanes of at least 4 members (excludes halogenated alkanes) is 1. The molecule has 1 aromatic rings. The molecule has 0 radical (unpaired) electrons. The molecule has 158 valence electrons. The van der Waals surface area contributed by atoms with Gasteiger partial charge in [0, 0.05) is 45.8 Å². The molecule has 0 spiro atoms. The minimum Gasteiger partial charge on any atom is -0.351 e. The number of piperazine rings is 1. The molecule has 3 heterocycles. The van der Waals surface area contributed by atoms with Crippen molar-refractivity contribution in [3.63, 3.8) is 0 Å². The largest absolute Gasteiger partial charge is 0.351 e. The number of hydrogen-bond acceptors (Lipinski definition) is 6. The molecule has 1 N–H and O–H groups in total. The van der Waals surface area contributed by atoms with Crippen LogP contribution in [0.3, 0.4) is 0 Å². The number of sulfonamides is 1. The molecule has 1 amide bonds. The Balaban J connectivity index is 1.42. The van der Waals surface area contributed by atoms with Crippen LogP contribution in [-0.2, 0) is 10.0 Å². The Morgan fingerprint density at radius 1 is 1.07 bits per heavy atom. The van der Waals surface area contributed by atoms with E-state index in [1.54, 1.807) is 11.4 Å². The zero-order chi connectivity index (χ0) is 20.0. The quantitative estimate of drug-likeness (QED) is 0.606. The van der Waals surface area contributed by atoms with Gasteiger partial charge in [0.2, 0.25) is 10.0 Å². The molecule has 0 atom stereocenters. The van der Waals surface area contributed by atoms with Gasteiger partial charge in [0.1, 0.15) is 9.77 Å². The van der Waals surface area contributed by atoms with Crippen molar-refractivity contribution < 1.29 is 13.2 Å². The van der Waals surface area contributed by atoms with E-state index in [1.165, 1.54) is 15.6 Å². The first-order valence-electron chi connectivity index (χ1n) is 10.3. The second kappa shape index (κ2) is 10.2. The number of amides is 1. The number of rotatable bonds is 9. The minimum absolute atomic E-state index is 0.158. The van der Waals surface area contributed by atoms with E-state index in [-0.39, 0.29) is 10.8 Å². The summed E-state index contributed by atoms with van der Waals surface area (Å²) in [5.74, 6) is -0.274. The van der Waals surface area contributed by atoms with Crippen molar-refractivity contribution in [2.24, 2.45) is 0 Å². The van der Waals surface area contributed by atoms with Crippen LogP contribution >= 0.6 is 11.3 Å². The molecule has 2 aliphatic heterocycles. The topological polar surface area (TPSA) is 73.0 Å². The summed E-state index contributed by atoms with van der Waals surface area (Å²) in [6, 6.07) is 1.56. The summed E-state index contributed by atoms with van der Waals surface area (Å²) < 4.78 is 27.0. The zero-order valence-corrected chi connectivity index (χ0v) is 18.4. The third-order valence-electron chi connectivity index (χ3n) is 5.62. The zero-order valence-electron chi connectivity index (χ0n) is 16.7. The monoisotopic (exact) mass is 428 g/mol. The first-order chi connectivity index (χ1) is 13.5. The standard InChI is InChI=1S/C19H32N4O3S2/c1-2-21-12-14-22(15-13-21)9-4-3-8-20-19(24)18-17(7-16-27-18)28(25,26)23-10-5-6-11-23/h7,16H,2-6,8-15H2,1H3,(H,20,24). The van der Waals surface area contributed by atoms with Gasteiger partial charge in [0.25, 0.3) is 5.91 Å². The Kier molecular flexibility index (Phi) is 7.87. The van der Waals surface area contributed by atoms with E-state index < -0.39 is 10.0 Å². The molecule has 2 saturated heterocycles. The maximum Gasteiger partial charge on any atom is 0.262 e. The van der Waals surface area contributed by atoms with Crippen LogP contribution in [0.5, 0.6) is 0 Å². The smallest absolute Gasteiger partial charge is 0.262 e. The van der Waals surface area contributed by atoms with Crippen LogP contribution in [0.2, 0.25) is 0 Å². The van der Waals surface area contributed by atoms with Crippen molar-refractivity contribution in [3.05, 3.63) is 16.3 Å². The lowest BCUT2D eigenvalue weighted by atomic mass is 10.2. The second-order valence-corrected chi connectivity index (χ2v) is 10.3. The summed E-state index contributed by atoms with van der Waals surface area (Å²) in [4.78, 5) is 17.9. The molecule has 1 aromatic heterocycles. The molecule has 0 unspecified atom stereocenters. The Bertz CT molecular complexity index is 736. The molecular weight excluding hydrogens is 396 g/mol. The average Bonchev–Trinajstić information content (AvgIpc) is 3.40. The molecule has 2 aliphatic rings. The predicted molar refractivity (Wildman–Crippen MR) is 112 cm³/mol. The van der Waals surface area contributed by atoms with Gasteiger partial charge < -0.3 is 15.1 Å². The van der Waals surface area contributed by atoms with Gasteiger partial charge in [-0.15, -0.1) is 11.3 Å². The lowest BCUT2D eigenvalue weighted by Crippen LogP contribution is -2.46. The van der Waals surface area contributed by atoms with Crippen molar-refractivity contribution >= 4 is 27.3 Å². The molecule has 7 nitrogen and oxygen atoms in total. The fraction of sp³-hybridized carbons (Fsp3) is 0.737. The van der Waals surface area contributed by atoms with Crippen molar-refractivity contribution in [2.45, 2.75) is 37.5 Å². The molecular formula is C19H32N4O3S2. The maximum absolute atomic E-state index is 12.8. The Hall–Kier alpha value is -1.00. The Morgan fingerprint density at radius 3 is 2.43 bits per heavy atom. The van der Waals surface area contributed by atoms with Gasteiger partial charge in [-0.3, -0.25) is 4.79 Å². The lowest BCUT2D eigenvalue weighted by Gasteiger charge is -2.33. The van der Waals surface area contributed by atoms with E-state index in [0.717, 1.165) is 65.0 Å². The molecule has 0 bridgehead atoms. The van der Waals surface area contributed by atoms with Crippen molar-refractivity contribution in [1.82, 2.24) is 19.4 Å². The average molecular weight is 429 g/mol. The second-order valence-electron chi connectivity index (χ2n) is 7.46. The van der Waals surface area contributed by atoms with Gasteiger partial charge in [-0.2, -0.15) is 4.31 Å². The minimum atomic E-state index is -3.56. The molecule has 2 fully saturated rings. The summed E-state index contributed by atoms with van der Waals surface area (Å²) in [6.45, 7) is 10.6. The number of carbonyl (C=O) groups is 1. The molecule has 3 rings (SSSR count). The Labute approximate surface area is 172 Å². The van der Waals surface area contributed by atoms with E-state index in [1.807, 2.05) is 0 Å². The Morgan fingerprint density at radius 2 is 1.75 bits per heavy atom. The fourth-order valence-electron chi connectivity index (χ4n) is 3.81. The highest BCUT2D eigenvalue weighted by atomic mass is 32.2. The van der Waals surface area contributed by atoms with E-state index in [4.69, 9.17) is 0 Å². The highest BCUT2D eigenvalue weighted by molar-refractivity contribution is 7.89. The molecule has 0 aromatic carbocycles. The summed E-state index contributed by atoms with van der Waals surface area (Å²) in [7, 11) is -3.56. The molecule has 0 aliphatic carbocycles. The summed E-state index contributed by atoms with van der Waals surface area (Å²) >= 11 is 1.20. The summed E-state index contributed by atoms with van der Waals surface area (Å²) in [5, 5.41) is 4.59. The van der Waals surface area contributed by atoms with Gasteiger partial charge in [0.05, 0.1) is 0 Å². The number of hydrogen-bond donors (Lipinski definition) is 1. The van der Waals surface area contributed by atoms with Gasteiger partial charge in [-0.05, 0) is 50.2 Å². The van der Waals surface area contributed by atoms with E-state index >= 15 is 0 Å². The van der Waals surface area contributed by atoms with E-state index in [9.17, 15) is 13.2 Å². The number of nitrogens with zero attached hydrogens (tertiary/aromatic N) is 3. The van der Waals surface area contributed by atoms with E-state index in [2.05, 4.69) is 22.0 Å². The predicted octanol–water partition coefficient (Wildman–Crippen LogP) is 1.68. The van der Waals surface area contributed by atoms with Crippen LogP contribution in [0.25, 0.3) is 0 Å². The molecule has 28 heavy (non-hydrogen) atoms. The lowest BCUT2D eigenvalue weighted by molar-refractivity contribution is 0.0952. The van der Waals surface area contributed by atoms with Crippen molar-refractivity contribution in [2.75, 3.05) is 58.9 Å². The van der Waals surface area contributed by atoms with Crippen LogP contribution in [-0.4, -0.2) is 87.3 Å². The van der Waals surface area contributed by atoms with Gasteiger partial charge in [-0.1, -0.05) is 6.92 Å².